The van der Waals surface area contributed by atoms with Crippen LogP contribution in [0.25, 0.3) is 0 Å². The van der Waals surface area contributed by atoms with Gasteiger partial charge in [0.05, 0.1) is 0 Å². The molecule has 1 aliphatic heterocycles. The van der Waals surface area contributed by atoms with E-state index in [4.69, 9.17) is 16.3 Å². The van der Waals surface area contributed by atoms with Crippen molar-refractivity contribution in [3.05, 3.63) is 52.7 Å². The van der Waals surface area contributed by atoms with E-state index < -0.39 is 6.10 Å². The number of hydrogen-bond acceptors (Lipinski definition) is 4. The Kier molecular flexibility index (Phi) is 4.39. The molecule has 1 amide bonds. The number of amides is 1. The first kappa shape index (κ1) is 15.6. The van der Waals surface area contributed by atoms with E-state index in [2.05, 4.69) is 10.3 Å². The van der Waals surface area contributed by atoms with Gasteiger partial charge in [0.15, 0.2) is 6.10 Å². The van der Waals surface area contributed by atoms with E-state index in [-0.39, 0.29) is 5.91 Å². The van der Waals surface area contributed by atoms with Gasteiger partial charge in [0.2, 0.25) is 0 Å². The molecule has 2 heterocycles. The summed E-state index contributed by atoms with van der Waals surface area (Å²) < 4.78 is 5.69. The number of pyridine rings is 1. The van der Waals surface area contributed by atoms with Crippen molar-refractivity contribution < 1.29 is 9.53 Å². The van der Waals surface area contributed by atoms with E-state index in [0.29, 0.717) is 18.0 Å². The number of nitrogens with zero attached hydrogens (tertiary/aromatic N) is 2. The summed E-state index contributed by atoms with van der Waals surface area (Å²) in [7, 11) is 3.85. The molecule has 3 rings (SSSR count). The van der Waals surface area contributed by atoms with Gasteiger partial charge in [-0.15, -0.1) is 0 Å². The van der Waals surface area contributed by atoms with Gasteiger partial charge < -0.3 is 15.0 Å². The summed E-state index contributed by atoms with van der Waals surface area (Å²) in [4.78, 5) is 18.6. The number of aromatic nitrogens is 1. The Morgan fingerprint density at radius 2 is 2.26 bits per heavy atom. The Hall–Kier alpha value is -2.27. The number of fused-ring (bicyclic) bond motifs is 1. The van der Waals surface area contributed by atoms with Crippen LogP contribution < -0.4 is 15.0 Å². The number of hydrogen-bond donors (Lipinski definition) is 1. The van der Waals surface area contributed by atoms with Gasteiger partial charge in [0.1, 0.15) is 11.6 Å². The van der Waals surface area contributed by atoms with Crippen LogP contribution in [0.4, 0.5) is 5.82 Å². The van der Waals surface area contributed by atoms with Gasteiger partial charge in [-0.2, -0.15) is 0 Å². The topological polar surface area (TPSA) is 54.5 Å². The smallest absolute Gasteiger partial charge is 0.261 e. The second kappa shape index (κ2) is 6.46. The van der Waals surface area contributed by atoms with Crippen LogP contribution in [-0.4, -0.2) is 31.1 Å². The molecule has 0 aliphatic carbocycles. The molecule has 0 bridgehead atoms. The predicted molar refractivity (Wildman–Crippen MR) is 90.0 cm³/mol. The van der Waals surface area contributed by atoms with E-state index in [9.17, 15) is 4.79 Å². The summed E-state index contributed by atoms with van der Waals surface area (Å²) in [6.07, 6.45) is 1.76. The normalized spacial score (nSPS) is 15.7. The zero-order valence-electron chi connectivity index (χ0n) is 13.0. The van der Waals surface area contributed by atoms with Crippen LogP contribution >= 0.6 is 11.6 Å². The molecule has 0 fully saturated rings. The Morgan fingerprint density at radius 1 is 1.43 bits per heavy atom. The third kappa shape index (κ3) is 3.40. The van der Waals surface area contributed by atoms with Crippen LogP contribution in [-0.2, 0) is 17.8 Å². The van der Waals surface area contributed by atoms with Gasteiger partial charge in [0, 0.05) is 43.8 Å². The predicted octanol–water partition coefficient (Wildman–Crippen LogP) is 2.42. The number of rotatable bonds is 4. The third-order valence-electron chi connectivity index (χ3n) is 3.73. The van der Waals surface area contributed by atoms with Crippen LogP contribution in [0.1, 0.15) is 11.1 Å². The maximum absolute atomic E-state index is 12.4. The summed E-state index contributed by atoms with van der Waals surface area (Å²) in [5.74, 6) is 1.44. The number of anilines is 1. The summed E-state index contributed by atoms with van der Waals surface area (Å²) in [5, 5.41) is 3.57. The van der Waals surface area contributed by atoms with E-state index in [0.717, 1.165) is 22.7 Å². The molecule has 0 radical (unpaired) electrons. The standard InChI is InChI=1S/C17H18ClN3O2/c1-21(2)16-11(4-3-7-19-16)10-20-17(22)15-9-12-8-13(18)5-6-14(12)23-15/h3-8,15H,9-10H2,1-2H3,(H,20,22)/t15-/m1/s1. The quantitative estimate of drug-likeness (QED) is 0.935. The highest BCUT2D eigenvalue weighted by Crippen LogP contribution is 2.31. The maximum Gasteiger partial charge on any atom is 0.261 e. The lowest BCUT2D eigenvalue weighted by Crippen LogP contribution is -2.37. The molecular formula is C17H18ClN3O2. The molecule has 5 nitrogen and oxygen atoms in total. The summed E-state index contributed by atoms with van der Waals surface area (Å²) >= 11 is 5.97. The maximum atomic E-state index is 12.4. The van der Waals surface area contributed by atoms with Crippen molar-refractivity contribution in [1.29, 1.82) is 0 Å². The Labute approximate surface area is 140 Å². The summed E-state index contributed by atoms with van der Waals surface area (Å²) in [5.41, 5.74) is 1.93. The fourth-order valence-corrected chi connectivity index (χ4v) is 2.83. The van der Waals surface area contributed by atoms with Crippen LogP contribution in [0.2, 0.25) is 5.02 Å². The number of nitrogens with one attached hydrogen (secondary N) is 1. The molecule has 6 heteroatoms. The van der Waals surface area contributed by atoms with Gasteiger partial charge in [-0.05, 0) is 29.8 Å². The number of ether oxygens (including phenoxy) is 1. The molecule has 0 unspecified atom stereocenters. The highest BCUT2D eigenvalue weighted by Gasteiger charge is 2.29. The van der Waals surface area contributed by atoms with Gasteiger partial charge >= 0.3 is 0 Å². The van der Waals surface area contributed by atoms with Crippen LogP contribution in [0.3, 0.4) is 0 Å². The van der Waals surface area contributed by atoms with Gasteiger partial charge in [-0.1, -0.05) is 17.7 Å². The van der Waals surface area contributed by atoms with E-state index in [1.54, 1.807) is 18.3 Å². The highest BCUT2D eigenvalue weighted by atomic mass is 35.5. The summed E-state index contributed by atoms with van der Waals surface area (Å²) in [6.45, 7) is 0.414. The van der Waals surface area contributed by atoms with Gasteiger partial charge in [-0.3, -0.25) is 4.79 Å². The van der Waals surface area contributed by atoms with E-state index >= 15 is 0 Å². The van der Waals surface area contributed by atoms with Crippen molar-refractivity contribution in [3.8, 4) is 5.75 Å². The zero-order valence-corrected chi connectivity index (χ0v) is 13.8. The molecule has 0 spiro atoms. The minimum atomic E-state index is -0.511. The molecule has 0 saturated carbocycles. The molecule has 120 valence electrons. The van der Waals surface area contributed by atoms with Crippen molar-refractivity contribution in [2.24, 2.45) is 0 Å². The fraction of sp³-hybridized carbons (Fsp3) is 0.294. The first-order chi connectivity index (χ1) is 11.0. The lowest BCUT2D eigenvalue weighted by atomic mass is 10.1. The fourth-order valence-electron chi connectivity index (χ4n) is 2.63. The largest absolute Gasteiger partial charge is 0.480 e. The molecule has 23 heavy (non-hydrogen) atoms. The van der Waals surface area contributed by atoms with Crippen molar-refractivity contribution in [2.45, 2.75) is 19.1 Å². The number of halogens is 1. The van der Waals surface area contributed by atoms with E-state index in [1.807, 2.05) is 37.2 Å². The monoisotopic (exact) mass is 331 g/mol. The Morgan fingerprint density at radius 3 is 3.04 bits per heavy atom. The average Bonchev–Trinajstić information content (AvgIpc) is 2.95. The zero-order chi connectivity index (χ0) is 16.4. The van der Waals surface area contributed by atoms with E-state index in [1.165, 1.54) is 0 Å². The van der Waals surface area contributed by atoms with Crippen molar-refractivity contribution >= 4 is 23.3 Å². The lowest BCUT2D eigenvalue weighted by molar-refractivity contribution is -0.127. The first-order valence-corrected chi connectivity index (χ1v) is 7.76. The number of benzene rings is 1. The second-order valence-corrected chi connectivity index (χ2v) is 6.10. The third-order valence-corrected chi connectivity index (χ3v) is 3.97. The Bertz CT molecular complexity index is 734. The molecule has 1 atom stereocenters. The Balaban J connectivity index is 1.63. The lowest BCUT2D eigenvalue weighted by Gasteiger charge is -2.17. The van der Waals surface area contributed by atoms with Crippen molar-refractivity contribution in [3.63, 3.8) is 0 Å². The second-order valence-electron chi connectivity index (χ2n) is 5.66. The van der Waals surface area contributed by atoms with Gasteiger partial charge in [0.25, 0.3) is 5.91 Å². The molecule has 1 aromatic carbocycles. The van der Waals surface area contributed by atoms with Crippen molar-refractivity contribution in [1.82, 2.24) is 10.3 Å². The van der Waals surface area contributed by atoms with Gasteiger partial charge in [-0.25, -0.2) is 4.98 Å². The SMILES string of the molecule is CN(C)c1ncccc1CNC(=O)[C@H]1Cc2cc(Cl)ccc2O1. The number of carbonyl (C=O) groups excluding carboxylic acids is 1. The molecule has 0 saturated heterocycles. The van der Waals surface area contributed by atoms with Crippen LogP contribution in [0, 0.1) is 0 Å². The molecule has 1 aromatic heterocycles. The van der Waals surface area contributed by atoms with Crippen LogP contribution in [0.5, 0.6) is 5.75 Å². The summed E-state index contributed by atoms with van der Waals surface area (Å²) in [6, 6.07) is 9.22. The highest BCUT2D eigenvalue weighted by molar-refractivity contribution is 6.30. The average molecular weight is 332 g/mol. The molecule has 1 N–H and O–H groups in total. The molecule has 1 aliphatic rings. The van der Waals surface area contributed by atoms with Crippen molar-refractivity contribution in [2.75, 3.05) is 19.0 Å². The first-order valence-electron chi connectivity index (χ1n) is 7.38. The molecule has 2 aromatic rings. The van der Waals surface area contributed by atoms with Crippen LogP contribution in [0.15, 0.2) is 36.5 Å². The minimum absolute atomic E-state index is 0.133. The number of carbonyl (C=O) groups is 1. The molecular weight excluding hydrogens is 314 g/mol. The minimum Gasteiger partial charge on any atom is -0.480 e.